The van der Waals surface area contributed by atoms with Gasteiger partial charge in [0, 0.05) is 30.4 Å². The molecule has 1 saturated heterocycles. The molecule has 0 bridgehead atoms. The molecule has 27 heavy (non-hydrogen) atoms. The van der Waals surface area contributed by atoms with E-state index in [9.17, 15) is 22.0 Å². The van der Waals surface area contributed by atoms with Crippen LogP contribution in [0.5, 0.6) is 0 Å². The third-order valence-electron chi connectivity index (χ3n) is 4.50. The SMILES string of the molecule is CF.NC1=NC2(c3cc(CNCC(F)(F)F)ccc3F)COCCC2CS1. The van der Waals surface area contributed by atoms with Crippen LogP contribution in [-0.4, -0.2) is 44.0 Å². The maximum Gasteiger partial charge on any atom is 0.401 e. The Morgan fingerprint density at radius 3 is 2.81 bits per heavy atom. The number of hydrogen-bond donors (Lipinski definition) is 2. The molecular weight excluding hydrogens is 389 g/mol. The number of alkyl halides is 4. The number of nitrogens with one attached hydrogen (secondary N) is 1. The average molecular weight is 411 g/mol. The molecule has 2 aliphatic rings. The molecule has 152 valence electrons. The molecule has 4 nitrogen and oxygen atoms in total. The second-order valence-electron chi connectivity index (χ2n) is 6.26. The highest BCUT2D eigenvalue weighted by Crippen LogP contribution is 2.45. The first kappa shape index (κ1) is 21.9. The zero-order chi connectivity index (χ0) is 20.1. The molecule has 0 aromatic heterocycles. The van der Waals surface area contributed by atoms with E-state index in [1.165, 1.54) is 23.9 Å². The van der Waals surface area contributed by atoms with Crippen molar-refractivity contribution in [3.05, 3.63) is 35.1 Å². The topological polar surface area (TPSA) is 59.6 Å². The smallest absolute Gasteiger partial charge is 0.379 e. The Labute approximate surface area is 158 Å². The highest BCUT2D eigenvalue weighted by molar-refractivity contribution is 8.13. The van der Waals surface area contributed by atoms with Crippen LogP contribution in [0.3, 0.4) is 0 Å². The van der Waals surface area contributed by atoms with E-state index in [2.05, 4.69) is 10.3 Å². The van der Waals surface area contributed by atoms with Crippen LogP contribution in [0.25, 0.3) is 0 Å². The number of hydrogen-bond acceptors (Lipinski definition) is 5. The van der Waals surface area contributed by atoms with E-state index in [0.717, 1.165) is 6.42 Å². The summed E-state index contributed by atoms with van der Waals surface area (Å²) < 4.78 is 66.5. The van der Waals surface area contributed by atoms with Gasteiger partial charge >= 0.3 is 6.18 Å². The second-order valence-corrected chi connectivity index (χ2v) is 7.30. The van der Waals surface area contributed by atoms with Crippen molar-refractivity contribution in [2.24, 2.45) is 16.6 Å². The Morgan fingerprint density at radius 2 is 2.11 bits per heavy atom. The van der Waals surface area contributed by atoms with Crippen LogP contribution >= 0.6 is 11.8 Å². The van der Waals surface area contributed by atoms with E-state index < -0.39 is 24.1 Å². The van der Waals surface area contributed by atoms with Crippen molar-refractivity contribution in [3.63, 3.8) is 0 Å². The number of benzene rings is 1. The summed E-state index contributed by atoms with van der Waals surface area (Å²) in [5.41, 5.74) is 5.87. The van der Waals surface area contributed by atoms with Crippen LogP contribution in [0.2, 0.25) is 0 Å². The largest absolute Gasteiger partial charge is 0.401 e. The quantitative estimate of drug-likeness (QED) is 0.746. The maximum atomic E-state index is 14.6. The molecule has 0 aliphatic carbocycles. The molecule has 0 amide bonds. The van der Waals surface area contributed by atoms with Crippen molar-refractivity contribution < 1.29 is 26.7 Å². The van der Waals surface area contributed by atoms with Gasteiger partial charge in [0.2, 0.25) is 0 Å². The summed E-state index contributed by atoms with van der Waals surface area (Å²) in [6.07, 6.45) is -3.55. The minimum Gasteiger partial charge on any atom is -0.379 e. The fourth-order valence-corrected chi connectivity index (χ4v) is 4.33. The molecule has 3 N–H and O–H groups in total. The Hall–Kier alpha value is -1.39. The molecule has 1 fully saturated rings. The standard InChI is InChI=1S/C16H19F4N3OS.CH3F/c17-13-2-1-10(6-22-8-16(18,19)20)5-12(13)15-9-24-4-3-11(15)7-25-14(21)23-15;1-2/h1-2,5,11,22H,3-4,6-9H2,(H2,21,23);1H3. The van der Waals surface area contributed by atoms with Gasteiger partial charge in [-0.25, -0.2) is 9.38 Å². The summed E-state index contributed by atoms with van der Waals surface area (Å²) in [7, 11) is 0.500. The van der Waals surface area contributed by atoms with E-state index in [1.54, 1.807) is 6.07 Å². The van der Waals surface area contributed by atoms with Gasteiger partial charge in [-0.15, -0.1) is 0 Å². The zero-order valence-corrected chi connectivity index (χ0v) is 15.6. The number of thioether (sulfide) groups is 1. The van der Waals surface area contributed by atoms with E-state index in [-0.39, 0.29) is 19.1 Å². The normalized spacial score (nSPS) is 25.1. The molecule has 0 saturated carbocycles. The molecule has 0 radical (unpaired) electrons. The van der Waals surface area contributed by atoms with Gasteiger partial charge in [-0.2, -0.15) is 13.2 Å². The average Bonchev–Trinajstić information content (AvgIpc) is 2.63. The van der Waals surface area contributed by atoms with Crippen molar-refractivity contribution in [1.82, 2.24) is 5.32 Å². The number of nitrogens with zero attached hydrogens (tertiary/aromatic N) is 1. The lowest BCUT2D eigenvalue weighted by Gasteiger charge is -2.43. The molecule has 1 aromatic rings. The zero-order valence-electron chi connectivity index (χ0n) is 14.8. The van der Waals surface area contributed by atoms with Crippen molar-refractivity contribution in [2.75, 3.05) is 32.7 Å². The molecular formula is C17H22F5N3OS. The molecule has 10 heteroatoms. The first-order valence-electron chi connectivity index (χ1n) is 8.30. The summed E-state index contributed by atoms with van der Waals surface area (Å²) in [5.74, 6) is 0.347. The molecule has 2 unspecified atom stereocenters. The van der Waals surface area contributed by atoms with Crippen molar-refractivity contribution >= 4 is 16.9 Å². The fraction of sp³-hybridized carbons (Fsp3) is 0.588. The first-order chi connectivity index (χ1) is 12.8. The van der Waals surface area contributed by atoms with Gasteiger partial charge in [0.1, 0.15) is 11.4 Å². The minimum atomic E-state index is -4.29. The monoisotopic (exact) mass is 411 g/mol. The Balaban J connectivity index is 0.00000126. The van der Waals surface area contributed by atoms with Gasteiger partial charge < -0.3 is 15.8 Å². The molecule has 3 rings (SSSR count). The van der Waals surface area contributed by atoms with Crippen LogP contribution in [0.4, 0.5) is 22.0 Å². The van der Waals surface area contributed by atoms with Gasteiger partial charge in [0.05, 0.1) is 20.3 Å². The van der Waals surface area contributed by atoms with Crippen LogP contribution in [-0.2, 0) is 16.8 Å². The van der Waals surface area contributed by atoms with E-state index in [0.29, 0.717) is 35.8 Å². The Bertz CT molecular complexity index is 670. The lowest BCUT2D eigenvalue weighted by atomic mass is 9.76. The van der Waals surface area contributed by atoms with Gasteiger partial charge in [0.25, 0.3) is 0 Å². The van der Waals surface area contributed by atoms with Crippen LogP contribution in [0, 0.1) is 11.7 Å². The molecule has 2 aliphatic heterocycles. The number of nitrogens with two attached hydrogens (primary N) is 1. The summed E-state index contributed by atoms with van der Waals surface area (Å²) in [4.78, 5) is 4.52. The lowest BCUT2D eigenvalue weighted by molar-refractivity contribution is -0.125. The second kappa shape index (κ2) is 9.20. The van der Waals surface area contributed by atoms with Gasteiger partial charge in [-0.3, -0.25) is 4.39 Å². The number of halogens is 5. The van der Waals surface area contributed by atoms with Crippen LogP contribution in [0.1, 0.15) is 17.5 Å². The third-order valence-corrected chi connectivity index (χ3v) is 5.46. The number of aliphatic imine (C=N–C) groups is 1. The number of ether oxygens (including phenoxy) is 1. The number of rotatable bonds is 4. The summed E-state index contributed by atoms with van der Waals surface area (Å²) >= 11 is 1.44. The van der Waals surface area contributed by atoms with Crippen LogP contribution < -0.4 is 11.1 Å². The number of amidine groups is 1. The van der Waals surface area contributed by atoms with Crippen LogP contribution in [0.15, 0.2) is 23.2 Å². The Morgan fingerprint density at radius 1 is 1.37 bits per heavy atom. The molecule has 0 spiro atoms. The predicted octanol–water partition coefficient (Wildman–Crippen LogP) is 3.36. The van der Waals surface area contributed by atoms with E-state index in [1.807, 2.05) is 0 Å². The van der Waals surface area contributed by atoms with Gasteiger partial charge in [-0.1, -0.05) is 17.8 Å². The molecule has 2 heterocycles. The summed E-state index contributed by atoms with van der Waals surface area (Å²) in [6.45, 7) is -0.313. The predicted molar refractivity (Wildman–Crippen MR) is 95.9 cm³/mol. The molecule has 1 aromatic carbocycles. The van der Waals surface area contributed by atoms with E-state index >= 15 is 0 Å². The highest BCUT2D eigenvalue weighted by atomic mass is 32.2. The summed E-state index contributed by atoms with van der Waals surface area (Å²) in [6, 6.07) is 4.32. The highest BCUT2D eigenvalue weighted by Gasteiger charge is 2.47. The lowest BCUT2D eigenvalue weighted by Crippen LogP contribution is -2.48. The van der Waals surface area contributed by atoms with Crippen molar-refractivity contribution in [1.29, 1.82) is 0 Å². The fourth-order valence-electron chi connectivity index (χ4n) is 3.29. The van der Waals surface area contributed by atoms with Gasteiger partial charge in [0.15, 0.2) is 5.17 Å². The first-order valence-corrected chi connectivity index (χ1v) is 9.29. The third kappa shape index (κ3) is 5.32. The number of fused-ring (bicyclic) bond motifs is 1. The van der Waals surface area contributed by atoms with Gasteiger partial charge in [-0.05, 0) is 24.1 Å². The van der Waals surface area contributed by atoms with Crippen molar-refractivity contribution in [3.8, 4) is 0 Å². The van der Waals surface area contributed by atoms with E-state index in [4.69, 9.17) is 10.5 Å². The van der Waals surface area contributed by atoms with Crippen molar-refractivity contribution in [2.45, 2.75) is 24.7 Å². The minimum absolute atomic E-state index is 0.0116. The maximum absolute atomic E-state index is 14.6. The molecule has 2 atom stereocenters. The summed E-state index contributed by atoms with van der Waals surface area (Å²) in [5, 5.41) is 2.70. The Kier molecular flexibility index (Phi) is 7.47.